The van der Waals surface area contributed by atoms with Crippen LogP contribution in [0.4, 0.5) is 5.69 Å². The standard InChI is InChI=1S/C12H18N2O/c1-9-12(8-13-2)15-11-7-5-4-6-10(11)14(9)3/h4-7,9,12-13H,8H2,1-3H3. The molecule has 2 rings (SSSR count). The molecule has 3 heteroatoms. The van der Waals surface area contributed by atoms with E-state index >= 15 is 0 Å². The molecule has 1 aromatic rings. The zero-order valence-corrected chi connectivity index (χ0v) is 9.53. The highest BCUT2D eigenvalue weighted by Gasteiger charge is 2.29. The van der Waals surface area contributed by atoms with Gasteiger partial charge in [0.25, 0.3) is 0 Å². The molecule has 1 N–H and O–H groups in total. The summed E-state index contributed by atoms with van der Waals surface area (Å²) in [6, 6.07) is 8.58. The van der Waals surface area contributed by atoms with Gasteiger partial charge >= 0.3 is 0 Å². The maximum Gasteiger partial charge on any atom is 0.143 e. The third-order valence-corrected chi connectivity index (χ3v) is 3.08. The van der Waals surface area contributed by atoms with Crippen LogP contribution in [0, 0.1) is 0 Å². The van der Waals surface area contributed by atoms with Crippen molar-refractivity contribution in [3.8, 4) is 5.75 Å². The fourth-order valence-corrected chi connectivity index (χ4v) is 1.99. The van der Waals surface area contributed by atoms with Gasteiger partial charge in [-0.3, -0.25) is 0 Å². The van der Waals surface area contributed by atoms with Gasteiger partial charge in [0, 0.05) is 13.6 Å². The van der Waals surface area contributed by atoms with Crippen molar-refractivity contribution in [2.24, 2.45) is 0 Å². The number of anilines is 1. The van der Waals surface area contributed by atoms with Crippen molar-refractivity contribution in [2.75, 3.05) is 25.5 Å². The van der Waals surface area contributed by atoms with E-state index in [0.29, 0.717) is 6.04 Å². The van der Waals surface area contributed by atoms with E-state index in [1.54, 1.807) is 0 Å². The summed E-state index contributed by atoms with van der Waals surface area (Å²) in [5.41, 5.74) is 1.18. The van der Waals surface area contributed by atoms with Gasteiger partial charge in [0.05, 0.1) is 11.7 Å². The van der Waals surface area contributed by atoms with Crippen molar-refractivity contribution in [2.45, 2.75) is 19.1 Å². The highest BCUT2D eigenvalue weighted by molar-refractivity contribution is 5.60. The number of nitrogens with zero attached hydrogens (tertiary/aromatic N) is 1. The smallest absolute Gasteiger partial charge is 0.143 e. The Morgan fingerprint density at radius 3 is 2.87 bits per heavy atom. The average Bonchev–Trinajstić information content (AvgIpc) is 2.26. The van der Waals surface area contributed by atoms with Gasteiger partial charge in [0.1, 0.15) is 11.9 Å². The number of para-hydroxylation sites is 2. The van der Waals surface area contributed by atoms with Crippen molar-refractivity contribution in [3.05, 3.63) is 24.3 Å². The van der Waals surface area contributed by atoms with Gasteiger partial charge in [-0.2, -0.15) is 0 Å². The average molecular weight is 206 g/mol. The molecule has 0 fully saturated rings. The first-order valence-electron chi connectivity index (χ1n) is 5.37. The minimum absolute atomic E-state index is 0.217. The van der Waals surface area contributed by atoms with Crippen LogP contribution >= 0.6 is 0 Å². The van der Waals surface area contributed by atoms with E-state index in [1.165, 1.54) is 5.69 Å². The van der Waals surface area contributed by atoms with E-state index in [1.807, 2.05) is 25.2 Å². The molecular weight excluding hydrogens is 188 g/mol. The summed E-state index contributed by atoms with van der Waals surface area (Å²) in [4.78, 5) is 2.28. The van der Waals surface area contributed by atoms with Gasteiger partial charge in [0.2, 0.25) is 0 Å². The molecule has 1 heterocycles. The molecule has 2 atom stereocenters. The highest BCUT2D eigenvalue weighted by atomic mass is 16.5. The lowest BCUT2D eigenvalue weighted by Gasteiger charge is -2.39. The minimum atomic E-state index is 0.217. The Morgan fingerprint density at radius 2 is 2.13 bits per heavy atom. The molecule has 2 unspecified atom stereocenters. The predicted octanol–water partition coefficient (Wildman–Crippen LogP) is 1.49. The summed E-state index contributed by atoms with van der Waals surface area (Å²) in [5.74, 6) is 0.985. The molecule has 0 amide bonds. The summed E-state index contributed by atoms with van der Waals surface area (Å²) < 4.78 is 5.95. The van der Waals surface area contributed by atoms with Crippen molar-refractivity contribution in [1.29, 1.82) is 0 Å². The van der Waals surface area contributed by atoms with E-state index < -0.39 is 0 Å². The Balaban J connectivity index is 2.28. The van der Waals surface area contributed by atoms with Crippen LogP contribution < -0.4 is 15.0 Å². The van der Waals surface area contributed by atoms with Crippen LogP contribution in [0.3, 0.4) is 0 Å². The first-order chi connectivity index (χ1) is 7.24. The van der Waals surface area contributed by atoms with Crippen molar-refractivity contribution >= 4 is 5.69 Å². The molecule has 0 aromatic heterocycles. The Bertz CT molecular complexity index is 340. The predicted molar refractivity (Wildman–Crippen MR) is 62.6 cm³/mol. The fourth-order valence-electron chi connectivity index (χ4n) is 1.99. The lowest BCUT2D eigenvalue weighted by molar-refractivity contribution is 0.161. The van der Waals surface area contributed by atoms with E-state index in [4.69, 9.17) is 4.74 Å². The minimum Gasteiger partial charge on any atom is -0.485 e. The first-order valence-corrected chi connectivity index (χ1v) is 5.37. The number of likely N-dealkylation sites (N-methyl/N-ethyl adjacent to an activating group) is 2. The van der Waals surface area contributed by atoms with Gasteiger partial charge in [0.15, 0.2) is 0 Å². The largest absolute Gasteiger partial charge is 0.485 e. The summed E-state index contributed by atoms with van der Waals surface area (Å²) in [6.07, 6.45) is 0.217. The zero-order valence-electron chi connectivity index (χ0n) is 9.53. The topological polar surface area (TPSA) is 24.5 Å². The lowest BCUT2D eigenvalue weighted by atomic mass is 10.1. The normalized spacial score (nSPS) is 24.6. The maximum absolute atomic E-state index is 5.95. The lowest BCUT2D eigenvalue weighted by Crippen LogP contribution is -2.50. The van der Waals surface area contributed by atoms with Crippen LogP contribution in [0.15, 0.2) is 24.3 Å². The number of ether oxygens (including phenoxy) is 1. The third kappa shape index (κ3) is 1.79. The molecule has 1 aliphatic rings. The SMILES string of the molecule is CNCC1Oc2ccccc2N(C)C1C. The summed E-state index contributed by atoms with van der Waals surface area (Å²) in [5, 5.41) is 3.17. The number of benzene rings is 1. The summed E-state index contributed by atoms with van der Waals surface area (Å²) in [7, 11) is 4.07. The maximum atomic E-state index is 5.95. The Kier molecular flexibility index (Phi) is 2.82. The molecule has 15 heavy (non-hydrogen) atoms. The number of fused-ring (bicyclic) bond motifs is 1. The zero-order chi connectivity index (χ0) is 10.8. The van der Waals surface area contributed by atoms with Crippen LogP contribution in [0.5, 0.6) is 5.75 Å². The molecule has 1 aliphatic heterocycles. The van der Waals surface area contributed by atoms with Crippen LogP contribution in [-0.2, 0) is 0 Å². The number of hydrogen-bond donors (Lipinski definition) is 1. The molecule has 0 saturated heterocycles. The molecule has 0 saturated carbocycles. The van der Waals surface area contributed by atoms with Crippen LogP contribution in [0.25, 0.3) is 0 Å². The molecule has 1 aromatic carbocycles. The summed E-state index contributed by atoms with van der Waals surface area (Å²) in [6.45, 7) is 3.07. The van der Waals surface area contributed by atoms with E-state index in [-0.39, 0.29) is 6.10 Å². The van der Waals surface area contributed by atoms with Gasteiger partial charge in [-0.15, -0.1) is 0 Å². The molecule has 3 nitrogen and oxygen atoms in total. The Labute approximate surface area is 91.0 Å². The molecule has 0 spiro atoms. The highest BCUT2D eigenvalue weighted by Crippen LogP contribution is 2.34. The number of nitrogens with one attached hydrogen (secondary N) is 1. The second-order valence-electron chi connectivity index (χ2n) is 4.03. The van der Waals surface area contributed by atoms with E-state index in [0.717, 1.165) is 12.3 Å². The van der Waals surface area contributed by atoms with E-state index in [9.17, 15) is 0 Å². The number of hydrogen-bond acceptors (Lipinski definition) is 3. The molecular formula is C12H18N2O. The van der Waals surface area contributed by atoms with Gasteiger partial charge in [-0.25, -0.2) is 0 Å². The van der Waals surface area contributed by atoms with Gasteiger partial charge in [-0.1, -0.05) is 12.1 Å². The van der Waals surface area contributed by atoms with Crippen LogP contribution in [0.1, 0.15) is 6.92 Å². The molecule has 0 radical (unpaired) electrons. The second-order valence-corrected chi connectivity index (χ2v) is 4.03. The van der Waals surface area contributed by atoms with Crippen LogP contribution in [0.2, 0.25) is 0 Å². The monoisotopic (exact) mass is 206 g/mol. The van der Waals surface area contributed by atoms with Crippen molar-refractivity contribution in [1.82, 2.24) is 5.32 Å². The second kappa shape index (κ2) is 4.11. The van der Waals surface area contributed by atoms with Crippen LogP contribution in [-0.4, -0.2) is 32.8 Å². The fraction of sp³-hybridized carbons (Fsp3) is 0.500. The molecule has 0 aliphatic carbocycles. The quantitative estimate of drug-likeness (QED) is 0.793. The Hall–Kier alpha value is -1.22. The molecule has 0 bridgehead atoms. The molecule has 82 valence electrons. The Morgan fingerprint density at radius 1 is 1.40 bits per heavy atom. The van der Waals surface area contributed by atoms with Crippen molar-refractivity contribution in [3.63, 3.8) is 0 Å². The van der Waals surface area contributed by atoms with Gasteiger partial charge in [-0.05, 0) is 26.1 Å². The van der Waals surface area contributed by atoms with Gasteiger partial charge < -0.3 is 15.0 Å². The third-order valence-electron chi connectivity index (χ3n) is 3.08. The summed E-state index contributed by atoms with van der Waals surface area (Å²) >= 11 is 0. The first kappa shape index (κ1) is 10.3. The van der Waals surface area contributed by atoms with E-state index in [2.05, 4.69) is 30.3 Å². The number of rotatable bonds is 2. The van der Waals surface area contributed by atoms with Crippen molar-refractivity contribution < 1.29 is 4.74 Å².